The van der Waals surface area contributed by atoms with Gasteiger partial charge in [0.15, 0.2) is 5.60 Å². The van der Waals surface area contributed by atoms with Gasteiger partial charge in [0.2, 0.25) is 0 Å². The highest BCUT2D eigenvalue weighted by molar-refractivity contribution is 6.33. The Morgan fingerprint density at radius 2 is 1.59 bits per heavy atom. The Morgan fingerprint density at radius 3 is 2.19 bits per heavy atom. The SMILES string of the molecule is COc1cc(C2=CCCCC2)c(Cl)cc1C(=O)N1Cc2ccc(C(=O)N(C)CCCN(C)C)n2Cc2ccccc21.O=C(O)CC(O)(CC(=O)O)C(=O)O. The number of benzene rings is 2. The van der Waals surface area contributed by atoms with Crippen molar-refractivity contribution in [2.45, 2.75) is 63.6 Å². The number of halogens is 1. The lowest BCUT2D eigenvalue weighted by Crippen LogP contribution is -2.42. The molecule has 0 saturated carbocycles. The topological polar surface area (TPSA) is 190 Å². The predicted octanol–water partition coefficient (Wildman–Crippen LogP) is 5.09. The largest absolute Gasteiger partial charge is 0.496 e. The van der Waals surface area contributed by atoms with Crippen LogP contribution in [0.2, 0.25) is 5.02 Å². The Labute approximate surface area is 318 Å². The van der Waals surface area contributed by atoms with Crippen molar-refractivity contribution < 1.29 is 49.1 Å². The van der Waals surface area contributed by atoms with E-state index in [0.29, 0.717) is 41.7 Å². The van der Waals surface area contributed by atoms with Crippen molar-refractivity contribution in [2.75, 3.05) is 46.2 Å². The van der Waals surface area contributed by atoms with E-state index in [9.17, 15) is 24.0 Å². The number of carbonyl (C=O) groups is 5. The number of nitrogens with zero attached hydrogens (tertiary/aromatic N) is 4. The van der Waals surface area contributed by atoms with Gasteiger partial charge < -0.3 is 44.4 Å². The molecule has 14 nitrogen and oxygen atoms in total. The van der Waals surface area contributed by atoms with Crippen molar-refractivity contribution in [3.8, 4) is 5.75 Å². The summed E-state index contributed by atoms with van der Waals surface area (Å²) in [6, 6.07) is 15.4. The number of aliphatic hydroxyl groups is 1. The number of carbonyl (C=O) groups excluding carboxylic acids is 2. The molecule has 2 aliphatic rings. The summed E-state index contributed by atoms with van der Waals surface area (Å²) in [5.74, 6) is -4.72. The number of carboxylic acid groups (broad SMARTS) is 3. The number of rotatable bonds is 13. The highest BCUT2D eigenvalue weighted by Gasteiger charge is 2.41. The van der Waals surface area contributed by atoms with Crippen LogP contribution in [0, 0.1) is 0 Å². The summed E-state index contributed by atoms with van der Waals surface area (Å²) in [5.41, 5.74) is 3.13. The van der Waals surface area contributed by atoms with E-state index < -0.39 is 36.4 Å². The number of para-hydroxylation sites is 1. The highest BCUT2D eigenvalue weighted by Crippen LogP contribution is 2.38. The lowest BCUT2D eigenvalue weighted by atomic mass is 9.92. The number of anilines is 1. The first-order valence-corrected chi connectivity index (χ1v) is 17.9. The van der Waals surface area contributed by atoms with Crippen LogP contribution < -0.4 is 9.64 Å². The summed E-state index contributed by atoms with van der Waals surface area (Å²) in [5, 5.41) is 34.4. The fourth-order valence-electron chi connectivity index (χ4n) is 6.53. The maximum atomic E-state index is 14.3. The van der Waals surface area contributed by atoms with E-state index in [-0.39, 0.29) is 11.8 Å². The molecule has 0 atom stereocenters. The molecule has 0 unspecified atom stereocenters. The number of carboxylic acids is 3. The molecule has 54 heavy (non-hydrogen) atoms. The fourth-order valence-corrected chi connectivity index (χ4v) is 6.81. The van der Waals surface area contributed by atoms with E-state index in [1.807, 2.05) is 68.2 Å². The molecule has 1 aliphatic carbocycles. The van der Waals surface area contributed by atoms with Crippen molar-refractivity contribution in [2.24, 2.45) is 0 Å². The zero-order valence-electron chi connectivity index (χ0n) is 30.9. The van der Waals surface area contributed by atoms with Crippen molar-refractivity contribution in [3.63, 3.8) is 0 Å². The minimum Gasteiger partial charge on any atom is -0.496 e. The van der Waals surface area contributed by atoms with Gasteiger partial charge in [0, 0.05) is 30.0 Å². The Kier molecular flexibility index (Phi) is 14.0. The van der Waals surface area contributed by atoms with Gasteiger partial charge in [-0.3, -0.25) is 19.2 Å². The third kappa shape index (κ3) is 10.1. The van der Waals surface area contributed by atoms with E-state index >= 15 is 0 Å². The lowest BCUT2D eigenvalue weighted by Gasteiger charge is -2.24. The first kappa shape index (κ1) is 41.6. The molecule has 1 aliphatic heterocycles. The Bertz CT molecular complexity index is 1900. The quantitative estimate of drug-likeness (QED) is 0.181. The number of aliphatic carboxylic acids is 3. The number of amides is 2. The van der Waals surface area contributed by atoms with Crippen LogP contribution in [0.5, 0.6) is 5.75 Å². The van der Waals surface area contributed by atoms with E-state index in [1.165, 1.54) is 12.0 Å². The molecule has 2 aromatic carbocycles. The number of ether oxygens (including phenoxy) is 1. The van der Waals surface area contributed by atoms with Crippen LogP contribution in [-0.2, 0) is 27.5 Å². The van der Waals surface area contributed by atoms with E-state index in [1.54, 1.807) is 23.0 Å². The van der Waals surface area contributed by atoms with E-state index in [2.05, 4.69) is 11.0 Å². The normalized spacial score (nSPS) is 13.8. The first-order valence-electron chi connectivity index (χ1n) is 17.5. The molecule has 3 aromatic rings. The minimum absolute atomic E-state index is 0.0201. The van der Waals surface area contributed by atoms with E-state index in [4.69, 9.17) is 36.8 Å². The zero-order valence-corrected chi connectivity index (χ0v) is 31.6. The third-order valence-corrected chi connectivity index (χ3v) is 9.67. The maximum Gasteiger partial charge on any atom is 0.336 e. The summed E-state index contributed by atoms with van der Waals surface area (Å²) in [7, 11) is 7.51. The highest BCUT2D eigenvalue weighted by atomic mass is 35.5. The fraction of sp³-hybridized carbons (Fsp3) is 0.410. The van der Waals surface area contributed by atoms with Gasteiger partial charge in [-0.1, -0.05) is 35.9 Å². The molecular weight excluding hydrogens is 720 g/mol. The van der Waals surface area contributed by atoms with Crippen LogP contribution >= 0.6 is 11.6 Å². The number of hydrogen-bond acceptors (Lipinski definition) is 8. The van der Waals surface area contributed by atoms with Crippen LogP contribution in [0.25, 0.3) is 5.57 Å². The molecule has 0 fully saturated rings. The van der Waals surface area contributed by atoms with Gasteiger partial charge in [-0.25, -0.2) is 4.79 Å². The molecule has 0 bridgehead atoms. The smallest absolute Gasteiger partial charge is 0.336 e. The van der Waals surface area contributed by atoms with Gasteiger partial charge in [-0.15, -0.1) is 0 Å². The minimum atomic E-state index is -2.74. The average Bonchev–Trinajstić information content (AvgIpc) is 3.43. The van der Waals surface area contributed by atoms with Crippen LogP contribution in [0.4, 0.5) is 5.69 Å². The summed E-state index contributed by atoms with van der Waals surface area (Å²) >= 11 is 6.79. The van der Waals surface area contributed by atoms with E-state index in [0.717, 1.165) is 54.7 Å². The van der Waals surface area contributed by atoms with Gasteiger partial charge in [0.05, 0.1) is 38.6 Å². The monoisotopic (exact) mass is 766 g/mol. The summed E-state index contributed by atoms with van der Waals surface area (Å²) in [6.07, 6.45) is 5.17. The van der Waals surface area contributed by atoms with Gasteiger partial charge in [-0.2, -0.15) is 0 Å². The number of methoxy groups -OCH3 is 1. The second kappa shape index (κ2) is 18.2. The van der Waals surface area contributed by atoms with Crippen LogP contribution in [0.1, 0.15) is 82.6 Å². The Hall–Kier alpha value is -5.18. The molecule has 290 valence electrons. The van der Waals surface area contributed by atoms with Gasteiger partial charge in [0.25, 0.3) is 11.8 Å². The molecule has 0 saturated heterocycles. The molecule has 15 heteroatoms. The Balaban J connectivity index is 0.000000428. The predicted molar refractivity (Wildman–Crippen MR) is 202 cm³/mol. The molecule has 2 amide bonds. The second-order valence-electron chi connectivity index (χ2n) is 13.7. The van der Waals surface area contributed by atoms with Crippen molar-refractivity contribution in [3.05, 3.63) is 87.7 Å². The summed E-state index contributed by atoms with van der Waals surface area (Å²) < 4.78 is 7.79. The van der Waals surface area contributed by atoms with Gasteiger partial charge in [-0.05, 0) is 99.8 Å². The number of fused-ring (bicyclic) bond motifs is 2. The number of allylic oxidation sites excluding steroid dienone is 2. The average molecular weight is 767 g/mol. The molecular formula is C39H47ClN4O10. The number of aromatic nitrogens is 1. The van der Waals surface area contributed by atoms with Crippen LogP contribution in [0.3, 0.4) is 0 Å². The van der Waals surface area contributed by atoms with Crippen LogP contribution in [0.15, 0.2) is 54.6 Å². The molecule has 0 radical (unpaired) electrons. The molecule has 4 N–H and O–H groups in total. The molecule has 0 spiro atoms. The first-order chi connectivity index (χ1) is 25.6. The molecule has 2 heterocycles. The van der Waals surface area contributed by atoms with Crippen molar-refractivity contribution in [1.29, 1.82) is 0 Å². The molecule has 1 aromatic heterocycles. The summed E-state index contributed by atoms with van der Waals surface area (Å²) in [6.45, 7) is 2.41. The molecule has 5 rings (SSSR count). The van der Waals surface area contributed by atoms with Crippen LogP contribution in [-0.4, -0.2) is 111 Å². The van der Waals surface area contributed by atoms with Crippen molar-refractivity contribution >= 4 is 52.6 Å². The standard InChI is InChI=1S/C33H39ClN4O3.C6H8O7/c1-35(2)17-10-18-36(3)33(40)30-16-15-25-22-38(29-14-9-8-13-24(29)21-37(25)30)32(39)27-19-28(34)26(20-31(27)41-4)23-11-6-5-7-12-23;7-3(8)1-6(13,5(11)12)2-4(9)10/h8-9,11,13-16,19-20H,5-7,10,12,17-18,21-22H2,1-4H3;13H,1-2H2,(H,7,8)(H,9,10)(H,11,12). The van der Waals surface area contributed by atoms with Gasteiger partial charge >= 0.3 is 17.9 Å². The van der Waals surface area contributed by atoms with Gasteiger partial charge in [0.1, 0.15) is 11.4 Å². The summed E-state index contributed by atoms with van der Waals surface area (Å²) in [4.78, 5) is 63.9. The number of hydrogen-bond donors (Lipinski definition) is 4. The maximum absolute atomic E-state index is 14.3. The lowest BCUT2D eigenvalue weighted by molar-refractivity contribution is -0.170. The van der Waals surface area contributed by atoms with Crippen molar-refractivity contribution in [1.82, 2.24) is 14.4 Å². The second-order valence-corrected chi connectivity index (χ2v) is 14.1. The zero-order chi connectivity index (χ0) is 39.7. The Morgan fingerprint density at radius 1 is 0.907 bits per heavy atom. The third-order valence-electron chi connectivity index (χ3n) is 9.35.